The van der Waals surface area contributed by atoms with Crippen LogP contribution in [0.3, 0.4) is 0 Å². The summed E-state index contributed by atoms with van der Waals surface area (Å²) in [5.41, 5.74) is 3.66. The molecule has 2 aromatic carbocycles. The highest BCUT2D eigenvalue weighted by Crippen LogP contribution is 2.38. The standard InChI is InChI=1S/C26H25ClN2O2S/c27-21-12-6-4-10-19(21)14-15-23(30)29-26-24(20-11-5-7-13-22(20)32-26)25(31)28-17-16-18-8-2-1-3-9-18/h1-4,6,8-10,12,14-15H,5,7,11,13,16-17H2,(H,28,31)(H,29,30)/b15-14+. The first-order chi connectivity index (χ1) is 15.6. The van der Waals surface area contributed by atoms with E-state index in [1.165, 1.54) is 27.9 Å². The van der Waals surface area contributed by atoms with Gasteiger partial charge in [0.25, 0.3) is 5.91 Å². The van der Waals surface area contributed by atoms with Gasteiger partial charge in [0.05, 0.1) is 5.56 Å². The monoisotopic (exact) mass is 464 g/mol. The Balaban J connectivity index is 1.48. The summed E-state index contributed by atoms with van der Waals surface area (Å²) in [6, 6.07) is 17.4. The molecule has 0 bridgehead atoms. The summed E-state index contributed by atoms with van der Waals surface area (Å²) >= 11 is 7.68. The number of carbonyl (C=O) groups is 2. The minimum atomic E-state index is -0.276. The summed E-state index contributed by atoms with van der Waals surface area (Å²) in [5.74, 6) is -0.396. The summed E-state index contributed by atoms with van der Waals surface area (Å²) in [7, 11) is 0. The fraction of sp³-hybridized carbons (Fsp3) is 0.231. The van der Waals surface area contributed by atoms with E-state index >= 15 is 0 Å². The van der Waals surface area contributed by atoms with Gasteiger partial charge in [0.1, 0.15) is 5.00 Å². The molecular weight excluding hydrogens is 440 g/mol. The molecule has 2 amide bonds. The topological polar surface area (TPSA) is 58.2 Å². The minimum absolute atomic E-state index is 0.120. The van der Waals surface area contributed by atoms with Gasteiger partial charge in [0.2, 0.25) is 5.91 Å². The molecule has 2 N–H and O–H groups in total. The molecule has 0 aliphatic heterocycles. The van der Waals surface area contributed by atoms with Gasteiger partial charge < -0.3 is 10.6 Å². The van der Waals surface area contributed by atoms with Crippen LogP contribution in [-0.2, 0) is 24.1 Å². The molecule has 32 heavy (non-hydrogen) atoms. The Hall–Kier alpha value is -2.89. The van der Waals surface area contributed by atoms with Gasteiger partial charge in [-0.25, -0.2) is 0 Å². The molecule has 0 saturated heterocycles. The molecule has 4 nitrogen and oxygen atoms in total. The normalized spacial score (nSPS) is 13.0. The second kappa shape index (κ2) is 10.6. The van der Waals surface area contributed by atoms with Crippen LogP contribution < -0.4 is 10.6 Å². The van der Waals surface area contributed by atoms with Crippen molar-refractivity contribution in [1.29, 1.82) is 0 Å². The lowest BCUT2D eigenvalue weighted by Gasteiger charge is -2.13. The molecule has 3 aromatic rings. The lowest BCUT2D eigenvalue weighted by Crippen LogP contribution is -2.27. The van der Waals surface area contributed by atoms with Crippen molar-refractivity contribution in [2.75, 3.05) is 11.9 Å². The first kappa shape index (κ1) is 22.3. The average Bonchev–Trinajstić information content (AvgIpc) is 3.17. The highest BCUT2D eigenvalue weighted by molar-refractivity contribution is 7.17. The van der Waals surface area contributed by atoms with Crippen LogP contribution in [0.1, 0.15) is 44.8 Å². The number of anilines is 1. The van der Waals surface area contributed by atoms with Crippen LogP contribution in [0.5, 0.6) is 0 Å². The van der Waals surface area contributed by atoms with Crippen LogP contribution in [-0.4, -0.2) is 18.4 Å². The van der Waals surface area contributed by atoms with Gasteiger partial charge in [-0.15, -0.1) is 11.3 Å². The van der Waals surface area contributed by atoms with Crippen molar-refractivity contribution in [3.05, 3.63) is 92.8 Å². The van der Waals surface area contributed by atoms with Crippen molar-refractivity contribution in [2.24, 2.45) is 0 Å². The Morgan fingerprint density at radius 3 is 2.56 bits per heavy atom. The molecule has 6 heteroatoms. The summed E-state index contributed by atoms with van der Waals surface area (Å²) in [5, 5.41) is 7.19. The second-order valence-corrected chi connectivity index (χ2v) is 9.26. The zero-order valence-electron chi connectivity index (χ0n) is 17.7. The molecule has 0 fully saturated rings. The number of hydrogen-bond donors (Lipinski definition) is 2. The van der Waals surface area contributed by atoms with Gasteiger partial charge >= 0.3 is 0 Å². The van der Waals surface area contributed by atoms with Crippen molar-refractivity contribution >= 4 is 45.8 Å². The van der Waals surface area contributed by atoms with E-state index < -0.39 is 0 Å². The number of hydrogen-bond acceptors (Lipinski definition) is 3. The number of benzene rings is 2. The van der Waals surface area contributed by atoms with E-state index in [0.717, 1.165) is 43.2 Å². The fourth-order valence-electron chi connectivity index (χ4n) is 3.88. The number of amides is 2. The highest BCUT2D eigenvalue weighted by Gasteiger charge is 2.25. The molecule has 0 radical (unpaired) electrons. The third kappa shape index (κ3) is 5.47. The zero-order valence-corrected chi connectivity index (χ0v) is 19.3. The Bertz CT molecular complexity index is 1140. The quantitative estimate of drug-likeness (QED) is 0.427. The predicted octanol–water partition coefficient (Wildman–Crippen LogP) is 5.90. The van der Waals surface area contributed by atoms with Crippen molar-refractivity contribution in [3.8, 4) is 0 Å². The van der Waals surface area contributed by atoms with E-state index in [1.807, 2.05) is 36.4 Å². The molecule has 1 aliphatic carbocycles. The van der Waals surface area contributed by atoms with Crippen LogP contribution in [0.2, 0.25) is 5.02 Å². The van der Waals surface area contributed by atoms with E-state index in [0.29, 0.717) is 22.1 Å². The SMILES string of the molecule is O=C(/C=C/c1ccccc1Cl)Nc1sc2c(c1C(=O)NCCc1ccccc1)CCCC2. The molecule has 0 atom stereocenters. The smallest absolute Gasteiger partial charge is 0.254 e. The number of nitrogens with one attached hydrogen (secondary N) is 2. The lowest BCUT2D eigenvalue weighted by molar-refractivity contribution is -0.111. The first-order valence-corrected chi connectivity index (χ1v) is 12.0. The summed E-state index contributed by atoms with van der Waals surface area (Å²) in [6.45, 7) is 0.549. The van der Waals surface area contributed by atoms with Crippen molar-refractivity contribution in [1.82, 2.24) is 5.32 Å². The molecule has 1 heterocycles. The van der Waals surface area contributed by atoms with Gasteiger partial charge in [-0.1, -0.05) is 60.1 Å². The van der Waals surface area contributed by atoms with E-state index in [2.05, 4.69) is 22.8 Å². The molecule has 4 rings (SSSR count). The van der Waals surface area contributed by atoms with Crippen LogP contribution in [0, 0.1) is 0 Å². The lowest BCUT2D eigenvalue weighted by atomic mass is 9.95. The number of aryl methyl sites for hydroxylation is 1. The fourth-order valence-corrected chi connectivity index (χ4v) is 5.37. The zero-order chi connectivity index (χ0) is 22.3. The third-order valence-electron chi connectivity index (χ3n) is 5.50. The van der Waals surface area contributed by atoms with Crippen molar-refractivity contribution < 1.29 is 9.59 Å². The highest BCUT2D eigenvalue weighted by atomic mass is 35.5. The van der Waals surface area contributed by atoms with Gasteiger partial charge in [-0.05, 0) is 60.9 Å². The predicted molar refractivity (Wildman–Crippen MR) is 133 cm³/mol. The van der Waals surface area contributed by atoms with Gasteiger partial charge in [0, 0.05) is 22.5 Å². The maximum atomic E-state index is 13.1. The average molecular weight is 465 g/mol. The van der Waals surface area contributed by atoms with Gasteiger partial charge in [0.15, 0.2) is 0 Å². The number of rotatable bonds is 7. The summed E-state index contributed by atoms with van der Waals surface area (Å²) in [4.78, 5) is 26.9. The number of thiophene rings is 1. The van der Waals surface area contributed by atoms with Gasteiger partial charge in [-0.3, -0.25) is 9.59 Å². The van der Waals surface area contributed by atoms with Crippen molar-refractivity contribution in [2.45, 2.75) is 32.1 Å². The maximum absolute atomic E-state index is 13.1. The van der Waals surface area contributed by atoms with E-state index in [4.69, 9.17) is 11.6 Å². The molecule has 1 aromatic heterocycles. The largest absolute Gasteiger partial charge is 0.352 e. The Morgan fingerprint density at radius 2 is 1.75 bits per heavy atom. The van der Waals surface area contributed by atoms with Crippen LogP contribution in [0.25, 0.3) is 6.08 Å². The van der Waals surface area contributed by atoms with Gasteiger partial charge in [-0.2, -0.15) is 0 Å². The molecule has 164 valence electrons. The van der Waals surface area contributed by atoms with Crippen molar-refractivity contribution in [3.63, 3.8) is 0 Å². The van der Waals surface area contributed by atoms with Crippen LogP contribution in [0.4, 0.5) is 5.00 Å². The molecule has 0 spiro atoms. The summed E-state index contributed by atoms with van der Waals surface area (Å²) < 4.78 is 0. The van der Waals surface area contributed by atoms with Crippen LogP contribution >= 0.6 is 22.9 Å². The molecule has 0 unspecified atom stereocenters. The van der Waals surface area contributed by atoms with Crippen LogP contribution in [0.15, 0.2) is 60.7 Å². The Morgan fingerprint density at radius 1 is 1.00 bits per heavy atom. The number of fused-ring (bicyclic) bond motifs is 1. The summed E-state index contributed by atoms with van der Waals surface area (Å²) in [6.07, 6.45) is 7.91. The molecular formula is C26H25ClN2O2S. The Labute approximate surface area is 197 Å². The van der Waals surface area contributed by atoms with E-state index in [1.54, 1.807) is 12.1 Å². The number of halogens is 1. The van der Waals surface area contributed by atoms with E-state index in [9.17, 15) is 9.59 Å². The second-order valence-electron chi connectivity index (χ2n) is 7.75. The number of carbonyl (C=O) groups excluding carboxylic acids is 2. The maximum Gasteiger partial charge on any atom is 0.254 e. The first-order valence-electron chi connectivity index (χ1n) is 10.8. The Kier molecular flexibility index (Phi) is 7.40. The third-order valence-corrected chi connectivity index (χ3v) is 7.05. The minimum Gasteiger partial charge on any atom is -0.352 e. The molecule has 0 saturated carbocycles. The van der Waals surface area contributed by atoms with E-state index in [-0.39, 0.29) is 11.8 Å². The molecule has 1 aliphatic rings.